The van der Waals surface area contributed by atoms with Crippen LogP contribution in [0.15, 0.2) is 41.6 Å². The Morgan fingerprint density at radius 2 is 1.72 bits per heavy atom. The molecule has 0 unspecified atom stereocenters. The Labute approximate surface area is 222 Å². The number of alkyl halides is 3. The van der Waals surface area contributed by atoms with E-state index in [0.29, 0.717) is 24.0 Å². The minimum Gasteiger partial charge on any atom is -0.467 e. The zero-order chi connectivity index (χ0) is 28.2. The van der Waals surface area contributed by atoms with Crippen LogP contribution in [-0.4, -0.2) is 66.1 Å². The van der Waals surface area contributed by atoms with Crippen LogP contribution in [-0.2, 0) is 19.4 Å². The van der Waals surface area contributed by atoms with Crippen molar-refractivity contribution in [2.75, 3.05) is 13.7 Å². The SMILES string of the molecule is COc1ncc(-c2ccc(S(=O)(=O)[C@@H]3C[C@@H](C(=O)CC4(C#N)CC4)N(C(=O)C4(C(F)(F)F)CC4)C3)cc2)cn1. The van der Waals surface area contributed by atoms with Crippen molar-refractivity contribution in [1.82, 2.24) is 14.9 Å². The number of hydrogen-bond donors (Lipinski definition) is 0. The zero-order valence-corrected chi connectivity index (χ0v) is 21.8. The van der Waals surface area contributed by atoms with Crippen LogP contribution in [0.4, 0.5) is 13.2 Å². The minimum atomic E-state index is -4.81. The molecule has 5 rings (SSSR count). The molecule has 9 nitrogen and oxygen atoms in total. The third-order valence-corrected chi connectivity index (χ3v) is 10.1. The number of ketones is 1. The average molecular weight is 563 g/mol. The monoisotopic (exact) mass is 562 g/mol. The van der Waals surface area contributed by atoms with Gasteiger partial charge >= 0.3 is 12.2 Å². The summed E-state index contributed by atoms with van der Waals surface area (Å²) >= 11 is 0. The van der Waals surface area contributed by atoms with Gasteiger partial charge in [-0.15, -0.1) is 0 Å². The number of nitrogens with zero attached hydrogens (tertiary/aromatic N) is 4. The highest BCUT2D eigenvalue weighted by atomic mass is 32.2. The van der Waals surface area contributed by atoms with E-state index in [-0.39, 0.29) is 23.7 Å². The Morgan fingerprint density at radius 3 is 2.21 bits per heavy atom. The number of sulfone groups is 1. The predicted molar refractivity (Wildman–Crippen MR) is 130 cm³/mol. The first-order valence-corrected chi connectivity index (χ1v) is 13.9. The number of nitriles is 1. The maximum atomic E-state index is 13.8. The van der Waals surface area contributed by atoms with Crippen LogP contribution in [0.3, 0.4) is 0 Å². The van der Waals surface area contributed by atoms with Crippen molar-refractivity contribution >= 4 is 21.5 Å². The normalized spacial score (nSPS) is 23.1. The van der Waals surface area contributed by atoms with Gasteiger partial charge in [0.05, 0.1) is 34.8 Å². The van der Waals surface area contributed by atoms with Crippen LogP contribution in [0.5, 0.6) is 6.01 Å². The largest absolute Gasteiger partial charge is 0.467 e. The molecule has 2 aliphatic carbocycles. The molecule has 0 bridgehead atoms. The summed E-state index contributed by atoms with van der Waals surface area (Å²) in [6.45, 7) is -0.525. The average Bonchev–Trinajstić information content (AvgIpc) is 3.84. The highest BCUT2D eigenvalue weighted by molar-refractivity contribution is 7.92. The molecule has 2 heterocycles. The highest BCUT2D eigenvalue weighted by Crippen LogP contribution is 2.59. The summed E-state index contributed by atoms with van der Waals surface area (Å²) in [7, 11) is -2.70. The van der Waals surface area contributed by atoms with E-state index in [1.54, 1.807) is 12.1 Å². The van der Waals surface area contributed by atoms with Gasteiger partial charge in [0.2, 0.25) is 5.91 Å². The van der Waals surface area contributed by atoms with E-state index >= 15 is 0 Å². The quantitative estimate of drug-likeness (QED) is 0.478. The van der Waals surface area contributed by atoms with E-state index in [2.05, 4.69) is 16.0 Å². The van der Waals surface area contributed by atoms with Crippen molar-refractivity contribution in [3.05, 3.63) is 36.7 Å². The van der Waals surface area contributed by atoms with Gasteiger partial charge in [-0.05, 0) is 49.8 Å². The molecule has 0 radical (unpaired) electrons. The topological polar surface area (TPSA) is 130 Å². The third kappa shape index (κ3) is 4.75. The number of hydrogen-bond acceptors (Lipinski definition) is 8. The van der Waals surface area contributed by atoms with Gasteiger partial charge in [0, 0.05) is 30.9 Å². The lowest BCUT2D eigenvalue weighted by Gasteiger charge is -2.29. The van der Waals surface area contributed by atoms with Crippen molar-refractivity contribution in [2.45, 2.75) is 60.9 Å². The molecule has 206 valence electrons. The molecule has 2 atom stereocenters. The molecule has 3 aliphatic rings. The van der Waals surface area contributed by atoms with E-state index in [0.717, 1.165) is 4.90 Å². The molecule has 13 heteroatoms. The second kappa shape index (κ2) is 9.29. The van der Waals surface area contributed by atoms with Gasteiger partial charge in [-0.1, -0.05) is 12.1 Å². The molecule has 2 aromatic rings. The van der Waals surface area contributed by atoms with E-state index in [1.807, 2.05) is 0 Å². The van der Waals surface area contributed by atoms with Crippen molar-refractivity contribution in [3.63, 3.8) is 0 Å². The second-order valence-corrected chi connectivity index (χ2v) is 12.7. The number of rotatable bonds is 8. The fourth-order valence-electron chi connectivity index (χ4n) is 5.10. The Hall–Kier alpha value is -3.53. The van der Waals surface area contributed by atoms with Crippen molar-refractivity contribution in [1.29, 1.82) is 5.26 Å². The van der Waals surface area contributed by atoms with Gasteiger partial charge < -0.3 is 9.64 Å². The van der Waals surface area contributed by atoms with Crippen molar-refractivity contribution in [2.24, 2.45) is 10.8 Å². The van der Waals surface area contributed by atoms with E-state index in [4.69, 9.17) is 4.74 Å². The number of aromatic nitrogens is 2. The molecule has 0 spiro atoms. The molecule has 1 saturated heterocycles. The molecule has 1 aliphatic heterocycles. The first kappa shape index (κ1) is 27.1. The van der Waals surface area contributed by atoms with Crippen molar-refractivity contribution in [3.8, 4) is 23.2 Å². The van der Waals surface area contributed by atoms with Crippen LogP contribution in [0.1, 0.15) is 38.5 Å². The Bertz CT molecular complexity index is 1440. The van der Waals surface area contributed by atoms with E-state index < -0.39 is 69.2 Å². The fourth-order valence-corrected chi connectivity index (χ4v) is 6.79. The summed E-state index contributed by atoms with van der Waals surface area (Å²) in [6.07, 6.45) is -2.17. The number of amides is 1. The van der Waals surface area contributed by atoms with Gasteiger partial charge in [0.1, 0.15) is 5.41 Å². The van der Waals surface area contributed by atoms with Crippen LogP contribution in [0.2, 0.25) is 0 Å². The van der Waals surface area contributed by atoms with E-state index in [1.165, 1.54) is 31.6 Å². The number of halogens is 3. The molecule has 39 heavy (non-hydrogen) atoms. The molecule has 2 saturated carbocycles. The molecule has 3 fully saturated rings. The summed E-state index contributed by atoms with van der Waals surface area (Å²) in [5.41, 5.74) is -2.24. The second-order valence-electron chi connectivity index (χ2n) is 10.5. The van der Waals surface area contributed by atoms with Crippen molar-refractivity contribution < 1.29 is 35.9 Å². The van der Waals surface area contributed by atoms with Crippen LogP contribution >= 0.6 is 0 Å². The first-order valence-electron chi connectivity index (χ1n) is 12.4. The first-order chi connectivity index (χ1) is 18.4. The Kier molecular flexibility index (Phi) is 6.44. The van der Waals surface area contributed by atoms with E-state index in [9.17, 15) is 36.4 Å². The number of ether oxygens (including phenoxy) is 1. The van der Waals surface area contributed by atoms with Gasteiger partial charge in [-0.25, -0.2) is 18.4 Å². The molecule has 1 aromatic carbocycles. The van der Waals surface area contributed by atoms with Crippen LogP contribution < -0.4 is 4.74 Å². The lowest BCUT2D eigenvalue weighted by Crippen LogP contribution is -2.49. The molecule has 1 amide bonds. The maximum absolute atomic E-state index is 13.8. The smallest absolute Gasteiger partial charge is 0.403 e. The number of methoxy groups -OCH3 is 1. The number of carbonyl (C=O) groups excluding carboxylic acids is 2. The number of likely N-dealkylation sites (tertiary alicyclic amines) is 1. The van der Waals surface area contributed by atoms with Gasteiger partial charge in [0.25, 0.3) is 0 Å². The fraction of sp³-hybridized carbons (Fsp3) is 0.500. The third-order valence-electron chi connectivity index (χ3n) is 7.97. The lowest BCUT2D eigenvalue weighted by atomic mass is 9.95. The molecule has 0 N–H and O–H groups in total. The van der Waals surface area contributed by atoms with Gasteiger partial charge in [-0.3, -0.25) is 9.59 Å². The van der Waals surface area contributed by atoms with Gasteiger partial charge in [0.15, 0.2) is 15.6 Å². The lowest BCUT2D eigenvalue weighted by molar-refractivity contribution is -0.199. The summed E-state index contributed by atoms with van der Waals surface area (Å²) in [5.74, 6) is -1.84. The summed E-state index contributed by atoms with van der Waals surface area (Å²) in [6, 6.07) is 6.73. The molecule has 1 aromatic heterocycles. The maximum Gasteiger partial charge on any atom is 0.403 e. The number of benzene rings is 1. The summed E-state index contributed by atoms with van der Waals surface area (Å²) < 4.78 is 73.3. The van der Waals surface area contributed by atoms with Crippen LogP contribution in [0.25, 0.3) is 11.1 Å². The summed E-state index contributed by atoms with van der Waals surface area (Å²) in [4.78, 5) is 35.1. The minimum absolute atomic E-state index is 0.0844. The van der Waals surface area contributed by atoms with Crippen LogP contribution in [0, 0.1) is 22.2 Å². The molecular formula is C26H25F3N4O5S. The zero-order valence-electron chi connectivity index (χ0n) is 20.9. The number of carbonyl (C=O) groups is 2. The Morgan fingerprint density at radius 1 is 1.10 bits per heavy atom. The highest BCUT2D eigenvalue weighted by Gasteiger charge is 2.70. The summed E-state index contributed by atoms with van der Waals surface area (Å²) in [5, 5.41) is 8.12. The number of Topliss-reactive ketones (excluding diaryl/α,β-unsaturated/α-hetero) is 1. The Balaban J connectivity index is 1.41. The standard InChI is InChI=1S/C26H25F3N4O5S/c1-38-23-31-12-17(13-32-23)16-2-4-18(5-3-16)39(36,37)19-10-20(21(34)11-24(15-30)6-7-24)33(14-19)22(35)25(8-9-25)26(27,28)29/h2-5,12-13,19-20H,6-11,14H2,1H3/t19-,20+/m1/s1. The molecular weight excluding hydrogens is 537 g/mol. The van der Waals surface area contributed by atoms with Gasteiger partial charge in [-0.2, -0.15) is 18.4 Å². The predicted octanol–water partition coefficient (Wildman–Crippen LogP) is 3.50.